The number of ether oxygens (including phenoxy) is 3. The minimum Gasteiger partial charge on any atom is -0.462 e. The molecule has 0 saturated heterocycles. The molecule has 0 aromatic carbocycles. The smallest absolute Gasteiger partial charge is 0.306 e. The molecule has 0 amide bonds. The Morgan fingerprint density at radius 3 is 0.915 bits per heavy atom. The Kier molecular flexibility index (Phi) is 54.9. The van der Waals surface area contributed by atoms with Crippen molar-refractivity contribution < 1.29 is 28.6 Å². The number of allylic oxidation sites excluding steroid dienone is 20. The van der Waals surface area contributed by atoms with Crippen LogP contribution in [0.15, 0.2) is 122 Å². The largest absolute Gasteiger partial charge is 0.462 e. The van der Waals surface area contributed by atoms with Gasteiger partial charge in [0.15, 0.2) is 6.10 Å². The summed E-state index contributed by atoms with van der Waals surface area (Å²) in [7, 11) is 0. The SMILES string of the molecule is CC/C=C\C/C=C\C/C=C\C/C=C\C/C=C\C/C=C\C/C=C\CCCC(=O)OCC(COC(=O)CCCCCCCCCCCCCCC)OC(=O)CCCCCCCCC/C=C\C/C=C\C/C=C\CC. The van der Waals surface area contributed by atoms with Crippen LogP contribution in [0, 0.1) is 0 Å². The lowest BCUT2D eigenvalue weighted by molar-refractivity contribution is -0.167. The van der Waals surface area contributed by atoms with Crippen LogP contribution < -0.4 is 0 Å². The minimum absolute atomic E-state index is 0.101. The number of esters is 3. The molecule has 6 heteroatoms. The zero-order chi connectivity index (χ0) is 51.4. The number of carbonyl (C=O) groups excluding carboxylic acids is 3. The highest BCUT2D eigenvalue weighted by atomic mass is 16.6. The molecule has 1 unspecified atom stereocenters. The maximum absolute atomic E-state index is 12.9. The van der Waals surface area contributed by atoms with Crippen molar-refractivity contribution in [2.45, 2.75) is 258 Å². The molecular weight excluding hydrogens is 877 g/mol. The lowest BCUT2D eigenvalue weighted by Crippen LogP contribution is -2.30. The fraction of sp³-hybridized carbons (Fsp3) is 0.646. The Morgan fingerprint density at radius 1 is 0.296 bits per heavy atom. The molecule has 71 heavy (non-hydrogen) atoms. The van der Waals surface area contributed by atoms with Gasteiger partial charge >= 0.3 is 17.9 Å². The van der Waals surface area contributed by atoms with E-state index >= 15 is 0 Å². The van der Waals surface area contributed by atoms with Gasteiger partial charge in [-0.25, -0.2) is 0 Å². The summed E-state index contributed by atoms with van der Waals surface area (Å²) >= 11 is 0. The first-order valence-corrected chi connectivity index (χ1v) is 29.0. The van der Waals surface area contributed by atoms with Crippen LogP contribution in [0.4, 0.5) is 0 Å². The third-order valence-electron chi connectivity index (χ3n) is 12.0. The summed E-state index contributed by atoms with van der Waals surface area (Å²) in [6.07, 6.45) is 80.5. The third-order valence-corrected chi connectivity index (χ3v) is 12.0. The lowest BCUT2D eigenvalue weighted by atomic mass is 10.0. The second kappa shape index (κ2) is 58.4. The van der Waals surface area contributed by atoms with Crippen molar-refractivity contribution in [2.75, 3.05) is 13.2 Å². The predicted octanol–water partition coefficient (Wildman–Crippen LogP) is 19.6. The van der Waals surface area contributed by atoms with E-state index in [4.69, 9.17) is 14.2 Å². The summed E-state index contributed by atoms with van der Waals surface area (Å²) < 4.78 is 16.8. The molecule has 0 spiro atoms. The molecule has 0 bridgehead atoms. The van der Waals surface area contributed by atoms with Crippen LogP contribution >= 0.6 is 0 Å². The van der Waals surface area contributed by atoms with Gasteiger partial charge in [-0.05, 0) is 103 Å². The average Bonchev–Trinajstić information content (AvgIpc) is 3.37. The van der Waals surface area contributed by atoms with Gasteiger partial charge in [-0.2, -0.15) is 0 Å². The number of unbranched alkanes of at least 4 members (excludes halogenated alkanes) is 20. The molecule has 1 atom stereocenters. The van der Waals surface area contributed by atoms with Gasteiger partial charge in [-0.15, -0.1) is 0 Å². The zero-order valence-corrected chi connectivity index (χ0v) is 45.9. The van der Waals surface area contributed by atoms with Crippen LogP contribution in [-0.2, 0) is 28.6 Å². The molecular formula is C65H106O6. The van der Waals surface area contributed by atoms with Crippen molar-refractivity contribution in [1.29, 1.82) is 0 Å². The molecule has 6 nitrogen and oxygen atoms in total. The van der Waals surface area contributed by atoms with E-state index in [2.05, 4.69) is 142 Å². The highest BCUT2D eigenvalue weighted by molar-refractivity contribution is 5.71. The summed E-state index contributed by atoms with van der Waals surface area (Å²) in [6.45, 7) is 6.36. The lowest BCUT2D eigenvalue weighted by Gasteiger charge is -2.18. The van der Waals surface area contributed by atoms with Crippen LogP contribution in [0.25, 0.3) is 0 Å². The van der Waals surface area contributed by atoms with E-state index < -0.39 is 6.10 Å². The summed E-state index contributed by atoms with van der Waals surface area (Å²) in [5.41, 5.74) is 0. The molecule has 0 N–H and O–H groups in total. The highest BCUT2D eigenvalue weighted by Crippen LogP contribution is 2.15. The Balaban J connectivity index is 4.49. The molecule has 402 valence electrons. The van der Waals surface area contributed by atoms with E-state index in [-0.39, 0.29) is 37.5 Å². The second-order valence-electron chi connectivity index (χ2n) is 18.8. The molecule has 0 fully saturated rings. The first-order chi connectivity index (χ1) is 35.0. The normalized spacial score (nSPS) is 13.0. The summed E-state index contributed by atoms with van der Waals surface area (Å²) in [4.78, 5) is 38.2. The van der Waals surface area contributed by atoms with Crippen LogP contribution in [-0.4, -0.2) is 37.2 Å². The van der Waals surface area contributed by atoms with E-state index in [1.165, 1.54) is 89.9 Å². The van der Waals surface area contributed by atoms with Gasteiger partial charge in [0.2, 0.25) is 0 Å². The molecule has 0 rings (SSSR count). The average molecular weight is 984 g/mol. The maximum atomic E-state index is 12.9. The number of hydrogen-bond acceptors (Lipinski definition) is 6. The van der Waals surface area contributed by atoms with Gasteiger partial charge < -0.3 is 14.2 Å². The number of hydrogen-bond donors (Lipinski definition) is 0. The molecule has 0 aliphatic heterocycles. The number of rotatable bonds is 51. The Morgan fingerprint density at radius 2 is 0.563 bits per heavy atom. The van der Waals surface area contributed by atoms with Gasteiger partial charge in [0.25, 0.3) is 0 Å². The summed E-state index contributed by atoms with van der Waals surface area (Å²) in [5, 5.41) is 0. The first-order valence-electron chi connectivity index (χ1n) is 29.0. The second-order valence-corrected chi connectivity index (χ2v) is 18.8. The van der Waals surface area contributed by atoms with Gasteiger partial charge in [-0.1, -0.05) is 251 Å². The van der Waals surface area contributed by atoms with Crippen molar-refractivity contribution in [1.82, 2.24) is 0 Å². The Labute approximate surface area is 437 Å². The van der Waals surface area contributed by atoms with E-state index in [1.54, 1.807) is 0 Å². The number of carbonyl (C=O) groups is 3. The first kappa shape index (κ1) is 66.8. The van der Waals surface area contributed by atoms with Crippen LogP contribution in [0.3, 0.4) is 0 Å². The molecule has 0 aromatic rings. The fourth-order valence-corrected chi connectivity index (χ4v) is 7.68. The minimum atomic E-state index is -0.809. The standard InChI is InChI=1S/C65H106O6/c1-4-7-10-13-16-19-22-25-27-29-30-31-32-33-34-36-37-40-43-46-49-52-55-58-64(67)70-61-62(60-69-63(66)57-54-51-48-45-42-39-24-21-18-15-12-9-6-3)71-65(68)59-56-53-50-47-44-41-38-35-28-26-23-20-17-14-11-8-5-2/h7-8,10-11,16-17,19-20,25-28,30-31,33-34,37,40,46,49,62H,4-6,9,12-15,18,21-24,29,32,35-36,38-39,41-45,47-48,50-61H2,1-3H3/b10-7-,11-8-,19-16-,20-17-,27-25-,28-26-,31-30-,34-33-,40-37-,49-46-. The van der Waals surface area contributed by atoms with Gasteiger partial charge in [0.05, 0.1) is 0 Å². The molecule has 0 aliphatic carbocycles. The van der Waals surface area contributed by atoms with Gasteiger partial charge in [0.1, 0.15) is 13.2 Å². The van der Waals surface area contributed by atoms with Crippen LogP contribution in [0.1, 0.15) is 252 Å². The van der Waals surface area contributed by atoms with Crippen LogP contribution in [0.5, 0.6) is 0 Å². The molecule has 0 radical (unpaired) electrons. The van der Waals surface area contributed by atoms with E-state index in [0.29, 0.717) is 19.3 Å². The Bertz CT molecular complexity index is 1500. The van der Waals surface area contributed by atoms with Crippen molar-refractivity contribution in [3.8, 4) is 0 Å². The van der Waals surface area contributed by atoms with Crippen molar-refractivity contribution in [3.63, 3.8) is 0 Å². The third kappa shape index (κ3) is 56.6. The zero-order valence-electron chi connectivity index (χ0n) is 45.9. The van der Waals surface area contributed by atoms with Gasteiger partial charge in [-0.3, -0.25) is 14.4 Å². The predicted molar refractivity (Wildman–Crippen MR) is 306 cm³/mol. The summed E-state index contributed by atoms with van der Waals surface area (Å²) in [6, 6.07) is 0. The Hall–Kier alpha value is -4.19. The van der Waals surface area contributed by atoms with Crippen molar-refractivity contribution in [3.05, 3.63) is 122 Å². The van der Waals surface area contributed by atoms with Gasteiger partial charge in [0, 0.05) is 19.3 Å². The van der Waals surface area contributed by atoms with E-state index in [9.17, 15) is 14.4 Å². The van der Waals surface area contributed by atoms with Crippen molar-refractivity contribution in [2.24, 2.45) is 0 Å². The fourth-order valence-electron chi connectivity index (χ4n) is 7.68. The molecule has 0 aromatic heterocycles. The molecule has 0 heterocycles. The maximum Gasteiger partial charge on any atom is 0.306 e. The van der Waals surface area contributed by atoms with E-state index in [0.717, 1.165) is 116 Å². The topological polar surface area (TPSA) is 78.9 Å². The highest BCUT2D eigenvalue weighted by Gasteiger charge is 2.19. The monoisotopic (exact) mass is 983 g/mol. The van der Waals surface area contributed by atoms with E-state index in [1.807, 2.05) is 0 Å². The molecule has 0 aliphatic rings. The summed E-state index contributed by atoms with van der Waals surface area (Å²) in [5.74, 6) is -0.973. The van der Waals surface area contributed by atoms with Crippen LogP contribution in [0.2, 0.25) is 0 Å². The van der Waals surface area contributed by atoms with Crippen molar-refractivity contribution >= 4 is 17.9 Å². The molecule has 0 saturated carbocycles. The quantitative estimate of drug-likeness (QED) is 0.0261.